The van der Waals surface area contributed by atoms with Gasteiger partial charge in [0.2, 0.25) is 5.91 Å². The van der Waals surface area contributed by atoms with Crippen LogP contribution in [0.15, 0.2) is 42.5 Å². The molecule has 0 aliphatic carbocycles. The lowest BCUT2D eigenvalue weighted by molar-refractivity contribution is -0.129. The van der Waals surface area contributed by atoms with Crippen molar-refractivity contribution in [1.82, 2.24) is 10.2 Å². The van der Waals surface area contributed by atoms with E-state index in [1.54, 1.807) is 6.07 Å². The highest BCUT2D eigenvalue weighted by Gasteiger charge is 2.15. The highest BCUT2D eigenvalue weighted by Crippen LogP contribution is 2.15. The van der Waals surface area contributed by atoms with E-state index >= 15 is 0 Å². The Morgan fingerprint density at radius 2 is 1.81 bits per heavy atom. The number of hydrogen-bond acceptors (Lipinski definition) is 3. The topological polar surface area (TPSA) is 58.6 Å². The van der Waals surface area contributed by atoms with Crippen LogP contribution in [0.4, 0.5) is 13.2 Å². The van der Waals surface area contributed by atoms with Crippen molar-refractivity contribution < 1.29 is 27.5 Å². The van der Waals surface area contributed by atoms with E-state index in [9.17, 15) is 22.8 Å². The molecule has 0 bridgehead atoms. The number of ether oxygens (including phenoxy) is 1. The number of para-hydroxylation sites is 1. The van der Waals surface area contributed by atoms with Crippen molar-refractivity contribution in [1.29, 1.82) is 0 Å². The van der Waals surface area contributed by atoms with Crippen molar-refractivity contribution in [2.24, 2.45) is 0 Å². The van der Waals surface area contributed by atoms with E-state index in [0.29, 0.717) is 6.07 Å². The van der Waals surface area contributed by atoms with Crippen LogP contribution in [0.25, 0.3) is 0 Å². The summed E-state index contributed by atoms with van der Waals surface area (Å²) in [6, 6.07) is 8.41. The zero-order valence-corrected chi connectivity index (χ0v) is 14.0. The predicted octanol–water partition coefficient (Wildman–Crippen LogP) is 2.37. The monoisotopic (exact) mass is 366 g/mol. The van der Waals surface area contributed by atoms with E-state index in [-0.39, 0.29) is 31.0 Å². The average molecular weight is 366 g/mol. The molecule has 2 rings (SSSR count). The van der Waals surface area contributed by atoms with Crippen LogP contribution in [0.1, 0.15) is 10.4 Å². The molecule has 0 saturated heterocycles. The lowest BCUT2D eigenvalue weighted by atomic mass is 10.2. The van der Waals surface area contributed by atoms with E-state index in [2.05, 4.69) is 5.32 Å². The van der Waals surface area contributed by atoms with Crippen molar-refractivity contribution in [2.45, 2.75) is 0 Å². The molecule has 0 saturated carbocycles. The highest BCUT2D eigenvalue weighted by molar-refractivity contribution is 5.96. The van der Waals surface area contributed by atoms with Gasteiger partial charge in [0, 0.05) is 13.1 Å². The molecule has 2 amide bonds. The summed E-state index contributed by atoms with van der Waals surface area (Å²) in [5.74, 6) is -3.51. The summed E-state index contributed by atoms with van der Waals surface area (Å²) in [6.07, 6.45) is 0. The molecule has 5 nitrogen and oxygen atoms in total. The molecular weight excluding hydrogens is 349 g/mol. The molecule has 0 aliphatic heterocycles. The third-order valence-corrected chi connectivity index (χ3v) is 3.52. The summed E-state index contributed by atoms with van der Waals surface area (Å²) in [4.78, 5) is 25.1. The SMILES string of the molecule is CN(CCOc1ccccc1F)C(=O)CNC(=O)c1ccc(F)cc1F. The molecule has 0 spiro atoms. The lowest BCUT2D eigenvalue weighted by Gasteiger charge is -2.18. The van der Waals surface area contributed by atoms with Crippen LogP contribution >= 0.6 is 0 Å². The smallest absolute Gasteiger partial charge is 0.254 e. The Bertz CT molecular complexity index is 799. The van der Waals surface area contributed by atoms with Crippen LogP contribution in [-0.4, -0.2) is 43.5 Å². The molecule has 0 heterocycles. The molecule has 0 fully saturated rings. The van der Waals surface area contributed by atoms with Crippen molar-refractivity contribution in [3.63, 3.8) is 0 Å². The third-order valence-electron chi connectivity index (χ3n) is 3.52. The molecule has 0 aliphatic rings. The van der Waals surface area contributed by atoms with Crippen molar-refractivity contribution >= 4 is 11.8 Å². The Labute approximate surface area is 148 Å². The molecular formula is C18H17F3N2O3. The van der Waals surface area contributed by atoms with Gasteiger partial charge in [-0.15, -0.1) is 0 Å². The van der Waals surface area contributed by atoms with Gasteiger partial charge in [0.15, 0.2) is 11.6 Å². The molecule has 0 aromatic heterocycles. The van der Waals surface area contributed by atoms with Gasteiger partial charge in [-0.3, -0.25) is 9.59 Å². The van der Waals surface area contributed by atoms with Crippen LogP contribution in [0.5, 0.6) is 5.75 Å². The van der Waals surface area contributed by atoms with E-state index < -0.39 is 29.3 Å². The number of benzene rings is 2. The standard InChI is InChI=1S/C18H17F3N2O3/c1-23(8-9-26-16-5-3-2-4-14(16)20)17(24)11-22-18(25)13-7-6-12(19)10-15(13)21/h2-7,10H,8-9,11H2,1H3,(H,22,25). The number of carbonyl (C=O) groups is 2. The average Bonchev–Trinajstić information content (AvgIpc) is 2.60. The molecule has 0 radical (unpaired) electrons. The summed E-state index contributed by atoms with van der Waals surface area (Å²) < 4.78 is 45.0. The van der Waals surface area contributed by atoms with Gasteiger partial charge < -0.3 is 15.0 Å². The Balaban J connectivity index is 1.78. The van der Waals surface area contributed by atoms with Crippen LogP contribution in [-0.2, 0) is 4.79 Å². The van der Waals surface area contributed by atoms with Crippen molar-refractivity contribution in [3.8, 4) is 5.75 Å². The number of rotatable bonds is 7. The summed E-state index contributed by atoms with van der Waals surface area (Å²) in [5.41, 5.74) is -0.357. The van der Waals surface area contributed by atoms with Gasteiger partial charge in [-0.25, -0.2) is 13.2 Å². The maximum atomic E-state index is 13.5. The Morgan fingerprint density at radius 3 is 2.50 bits per heavy atom. The number of amides is 2. The van der Waals surface area contributed by atoms with Gasteiger partial charge in [-0.2, -0.15) is 0 Å². The number of hydrogen-bond donors (Lipinski definition) is 1. The normalized spacial score (nSPS) is 10.3. The molecule has 0 atom stereocenters. The number of nitrogens with one attached hydrogen (secondary N) is 1. The maximum Gasteiger partial charge on any atom is 0.254 e. The van der Waals surface area contributed by atoms with Crippen LogP contribution in [0, 0.1) is 17.5 Å². The second-order valence-corrected chi connectivity index (χ2v) is 5.40. The zero-order chi connectivity index (χ0) is 19.1. The minimum atomic E-state index is -1.01. The van der Waals surface area contributed by atoms with E-state index in [1.165, 1.54) is 30.1 Å². The van der Waals surface area contributed by atoms with Crippen LogP contribution in [0.3, 0.4) is 0 Å². The van der Waals surface area contributed by atoms with Crippen molar-refractivity contribution in [2.75, 3.05) is 26.7 Å². The first-order valence-electron chi connectivity index (χ1n) is 7.73. The molecule has 8 heteroatoms. The van der Waals surface area contributed by atoms with Crippen molar-refractivity contribution in [3.05, 3.63) is 65.5 Å². The summed E-state index contributed by atoms with van der Waals surface area (Å²) in [6.45, 7) is -0.149. The number of halogens is 3. The first kappa shape index (κ1) is 19.3. The number of carbonyl (C=O) groups excluding carboxylic acids is 2. The molecule has 138 valence electrons. The summed E-state index contributed by atoms with van der Waals surface area (Å²) >= 11 is 0. The fourth-order valence-corrected chi connectivity index (χ4v) is 2.04. The summed E-state index contributed by atoms with van der Waals surface area (Å²) in [5, 5.41) is 2.26. The van der Waals surface area contributed by atoms with Gasteiger partial charge in [-0.1, -0.05) is 12.1 Å². The Kier molecular flexibility index (Phi) is 6.60. The van der Waals surface area contributed by atoms with Gasteiger partial charge >= 0.3 is 0 Å². The van der Waals surface area contributed by atoms with Gasteiger partial charge in [-0.05, 0) is 24.3 Å². The molecule has 1 N–H and O–H groups in total. The highest BCUT2D eigenvalue weighted by atomic mass is 19.1. The number of nitrogens with zero attached hydrogens (tertiary/aromatic N) is 1. The molecule has 2 aromatic carbocycles. The Morgan fingerprint density at radius 1 is 1.08 bits per heavy atom. The minimum absolute atomic E-state index is 0.0592. The predicted molar refractivity (Wildman–Crippen MR) is 88.2 cm³/mol. The Hall–Kier alpha value is -3.03. The largest absolute Gasteiger partial charge is 0.489 e. The fourth-order valence-electron chi connectivity index (χ4n) is 2.04. The van der Waals surface area contributed by atoms with Gasteiger partial charge in [0.1, 0.15) is 18.2 Å². The number of likely N-dealkylation sites (N-methyl/N-ethyl adjacent to an activating group) is 1. The van der Waals surface area contributed by atoms with Gasteiger partial charge in [0.25, 0.3) is 5.91 Å². The van der Waals surface area contributed by atoms with E-state index in [1.807, 2.05) is 0 Å². The molecule has 0 unspecified atom stereocenters. The fraction of sp³-hybridized carbons (Fsp3) is 0.222. The molecule has 26 heavy (non-hydrogen) atoms. The quantitative estimate of drug-likeness (QED) is 0.819. The zero-order valence-electron chi connectivity index (χ0n) is 14.0. The molecule has 2 aromatic rings. The second kappa shape index (κ2) is 8.89. The van der Waals surface area contributed by atoms with Crippen LogP contribution < -0.4 is 10.1 Å². The third kappa shape index (κ3) is 5.23. The van der Waals surface area contributed by atoms with Crippen LogP contribution in [0.2, 0.25) is 0 Å². The van der Waals surface area contributed by atoms with Gasteiger partial charge in [0.05, 0.1) is 18.7 Å². The van der Waals surface area contributed by atoms with E-state index in [4.69, 9.17) is 4.74 Å². The summed E-state index contributed by atoms with van der Waals surface area (Å²) in [7, 11) is 1.48. The minimum Gasteiger partial charge on any atom is -0.489 e. The first-order valence-corrected chi connectivity index (χ1v) is 7.73. The lowest BCUT2D eigenvalue weighted by Crippen LogP contribution is -2.40. The maximum absolute atomic E-state index is 13.5. The van der Waals surface area contributed by atoms with E-state index in [0.717, 1.165) is 12.1 Å². The second-order valence-electron chi connectivity index (χ2n) is 5.40. The first-order chi connectivity index (χ1) is 12.4.